The third-order valence-corrected chi connectivity index (χ3v) is 6.38. The van der Waals surface area contributed by atoms with Gasteiger partial charge in [-0.2, -0.15) is 11.3 Å². The minimum Gasteiger partial charge on any atom is -0.378 e. The lowest BCUT2D eigenvalue weighted by atomic mass is 9.91. The van der Waals surface area contributed by atoms with Crippen LogP contribution in [0.2, 0.25) is 0 Å². The van der Waals surface area contributed by atoms with Crippen molar-refractivity contribution in [1.29, 1.82) is 0 Å². The molecule has 1 N–H and O–H groups in total. The quantitative estimate of drug-likeness (QED) is 0.356. The molecule has 1 heterocycles. The van der Waals surface area contributed by atoms with Crippen LogP contribution in [-0.4, -0.2) is 49.7 Å². The summed E-state index contributed by atoms with van der Waals surface area (Å²) in [6.07, 6.45) is 13.1. The van der Waals surface area contributed by atoms with E-state index in [1.54, 1.807) is 11.3 Å². The van der Waals surface area contributed by atoms with Crippen LogP contribution in [-0.2, 0) is 16.0 Å². The van der Waals surface area contributed by atoms with E-state index in [0.29, 0.717) is 18.6 Å². The van der Waals surface area contributed by atoms with Gasteiger partial charge >= 0.3 is 0 Å². The number of carbonyl (C=O) groups excluding carboxylic acids is 1. The molecule has 5 heteroatoms. The molecular formula is C23H38N2O2S. The van der Waals surface area contributed by atoms with Crippen LogP contribution in [0.1, 0.15) is 63.4 Å². The first-order valence-corrected chi connectivity index (χ1v) is 11.8. The van der Waals surface area contributed by atoms with Gasteiger partial charge in [0.15, 0.2) is 0 Å². The molecule has 0 radical (unpaired) electrons. The Hall–Kier alpha value is -1.17. The Labute approximate surface area is 175 Å². The number of nitrogens with one attached hydrogen (secondary N) is 1. The van der Waals surface area contributed by atoms with Gasteiger partial charge in [0.2, 0.25) is 5.91 Å². The van der Waals surface area contributed by atoms with E-state index >= 15 is 0 Å². The van der Waals surface area contributed by atoms with Crippen molar-refractivity contribution in [2.75, 3.05) is 26.7 Å². The molecule has 1 aromatic rings. The van der Waals surface area contributed by atoms with Gasteiger partial charge in [-0.25, -0.2) is 0 Å². The maximum Gasteiger partial charge on any atom is 0.227 e. The number of rotatable bonds is 14. The molecule has 28 heavy (non-hydrogen) atoms. The van der Waals surface area contributed by atoms with Gasteiger partial charge in [0.05, 0.1) is 12.5 Å². The van der Waals surface area contributed by atoms with Crippen LogP contribution < -0.4 is 5.32 Å². The third kappa shape index (κ3) is 8.89. The van der Waals surface area contributed by atoms with Gasteiger partial charge < -0.3 is 15.0 Å². The molecular weight excluding hydrogens is 368 g/mol. The van der Waals surface area contributed by atoms with Crippen LogP contribution in [0.25, 0.3) is 0 Å². The first-order chi connectivity index (χ1) is 13.7. The molecule has 1 fully saturated rings. The van der Waals surface area contributed by atoms with E-state index in [4.69, 9.17) is 4.74 Å². The van der Waals surface area contributed by atoms with Gasteiger partial charge in [0.25, 0.3) is 0 Å². The number of thiophene rings is 1. The summed E-state index contributed by atoms with van der Waals surface area (Å²) in [6, 6.07) is 2.42. The van der Waals surface area contributed by atoms with Crippen molar-refractivity contribution in [2.45, 2.75) is 76.4 Å². The van der Waals surface area contributed by atoms with Gasteiger partial charge in [-0.05, 0) is 80.4 Å². The largest absolute Gasteiger partial charge is 0.378 e. The predicted molar refractivity (Wildman–Crippen MR) is 119 cm³/mol. The standard InChI is InChI=1S/C23H38N2O2S/c1-3-4-14-24-15-7-5-6-8-16-27-22-11-9-21(10-12-22)25(2)23(26)18-20-13-17-28-19-20/h3,13,17,19,21-22,24H,1,4-12,14-16,18H2,2H3. The summed E-state index contributed by atoms with van der Waals surface area (Å²) in [6.45, 7) is 6.76. The first kappa shape index (κ1) is 23.1. The van der Waals surface area contributed by atoms with E-state index in [1.165, 1.54) is 19.3 Å². The summed E-state index contributed by atoms with van der Waals surface area (Å²) in [4.78, 5) is 14.4. The fourth-order valence-electron chi connectivity index (χ4n) is 3.78. The zero-order valence-electron chi connectivity index (χ0n) is 17.5. The molecule has 1 aliphatic rings. The van der Waals surface area contributed by atoms with Crippen molar-refractivity contribution < 1.29 is 9.53 Å². The zero-order valence-corrected chi connectivity index (χ0v) is 18.4. The number of amides is 1. The molecule has 1 aromatic heterocycles. The van der Waals surface area contributed by atoms with Crippen molar-refractivity contribution >= 4 is 17.2 Å². The second kappa shape index (κ2) is 13.9. The molecule has 158 valence electrons. The van der Waals surface area contributed by atoms with Crippen molar-refractivity contribution in [1.82, 2.24) is 10.2 Å². The number of carbonyl (C=O) groups is 1. The molecule has 0 spiro atoms. The summed E-state index contributed by atoms with van der Waals surface area (Å²) < 4.78 is 6.09. The number of hydrogen-bond donors (Lipinski definition) is 1. The van der Waals surface area contributed by atoms with Crippen LogP contribution in [0.5, 0.6) is 0 Å². The van der Waals surface area contributed by atoms with Crippen molar-refractivity contribution in [3.05, 3.63) is 35.0 Å². The molecule has 0 aliphatic heterocycles. The normalized spacial score (nSPS) is 19.5. The van der Waals surface area contributed by atoms with Crippen molar-refractivity contribution in [3.8, 4) is 0 Å². The monoisotopic (exact) mass is 406 g/mol. The highest BCUT2D eigenvalue weighted by Crippen LogP contribution is 2.25. The molecule has 0 aromatic carbocycles. The van der Waals surface area contributed by atoms with Gasteiger partial charge in [-0.1, -0.05) is 18.9 Å². The van der Waals surface area contributed by atoms with E-state index in [9.17, 15) is 4.79 Å². The van der Waals surface area contributed by atoms with Crippen LogP contribution in [0.4, 0.5) is 0 Å². The topological polar surface area (TPSA) is 41.6 Å². The molecule has 1 saturated carbocycles. The van der Waals surface area contributed by atoms with Crippen molar-refractivity contribution in [3.63, 3.8) is 0 Å². The van der Waals surface area contributed by atoms with E-state index in [0.717, 1.165) is 63.8 Å². The summed E-state index contributed by atoms with van der Waals surface area (Å²) in [5.41, 5.74) is 1.13. The fourth-order valence-corrected chi connectivity index (χ4v) is 4.45. The van der Waals surface area contributed by atoms with Crippen LogP contribution >= 0.6 is 11.3 Å². The summed E-state index contributed by atoms with van der Waals surface area (Å²) in [5.74, 6) is 0.238. The summed E-state index contributed by atoms with van der Waals surface area (Å²) in [7, 11) is 1.97. The maximum atomic E-state index is 12.5. The number of hydrogen-bond acceptors (Lipinski definition) is 4. The Morgan fingerprint density at radius 2 is 2.04 bits per heavy atom. The number of nitrogens with zero attached hydrogens (tertiary/aromatic N) is 1. The molecule has 0 atom stereocenters. The Balaban J connectivity index is 1.48. The number of ether oxygens (including phenoxy) is 1. The smallest absolute Gasteiger partial charge is 0.227 e. The molecule has 0 unspecified atom stereocenters. The van der Waals surface area contributed by atoms with E-state index in [2.05, 4.69) is 17.3 Å². The Morgan fingerprint density at radius 3 is 2.75 bits per heavy atom. The molecule has 0 saturated heterocycles. The molecule has 4 nitrogen and oxygen atoms in total. The second-order valence-electron chi connectivity index (χ2n) is 7.86. The molecule has 0 bridgehead atoms. The maximum absolute atomic E-state index is 12.5. The van der Waals surface area contributed by atoms with Gasteiger partial charge in [0, 0.05) is 19.7 Å². The van der Waals surface area contributed by atoms with E-state index in [-0.39, 0.29) is 5.91 Å². The highest BCUT2D eigenvalue weighted by molar-refractivity contribution is 7.08. The number of unbranched alkanes of at least 4 members (excludes halogenated alkanes) is 3. The first-order valence-electron chi connectivity index (χ1n) is 10.9. The Kier molecular flexibility index (Phi) is 11.5. The van der Waals surface area contributed by atoms with Crippen molar-refractivity contribution in [2.24, 2.45) is 0 Å². The van der Waals surface area contributed by atoms with E-state index < -0.39 is 0 Å². The summed E-state index contributed by atoms with van der Waals surface area (Å²) in [5, 5.41) is 7.53. The van der Waals surface area contributed by atoms with Gasteiger partial charge in [-0.15, -0.1) is 6.58 Å². The zero-order chi connectivity index (χ0) is 20.0. The lowest BCUT2D eigenvalue weighted by molar-refractivity contribution is -0.132. The second-order valence-corrected chi connectivity index (χ2v) is 8.64. The van der Waals surface area contributed by atoms with Gasteiger partial charge in [-0.3, -0.25) is 4.79 Å². The SMILES string of the molecule is C=CCCNCCCCCCOC1CCC(N(C)C(=O)Cc2ccsc2)CC1. The van der Waals surface area contributed by atoms with Crippen LogP contribution in [0.15, 0.2) is 29.5 Å². The van der Waals surface area contributed by atoms with Gasteiger partial charge in [0.1, 0.15) is 0 Å². The minimum absolute atomic E-state index is 0.238. The summed E-state index contributed by atoms with van der Waals surface area (Å²) >= 11 is 1.65. The average Bonchev–Trinajstić information content (AvgIpc) is 3.22. The molecule has 1 aliphatic carbocycles. The molecule has 2 rings (SSSR count). The lowest BCUT2D eigenvalue weighted by Crippen LogP contribution is -2.41. The highest BCUT2D eigenvalue weighted by Gasteiger charge is 2.26. The highest BCUT2D eigenvalue weighted by atomic mass is 32.1. The molecule has 1 amide bonds. The lowest BCUT2D eigenvalue weighted by Gasteiger charge is -2.34. The van der Waals surface area contributed by atoms with Crippen LogP contribution in [0, 0.1) is 0 Å². The van der Waals surface area contributed by atoms with E-state index in [1.807, 2.05) is 29.5 Å². The minimum atomic E-state index is 0.238. The third-order valence-electron chi connectivity index (χ3n) is 5.65. The number of likely N-dealkylation sites (N-methyl/N-ethyl adjacent to an activating group) is 1. The average molecular weight is 407 g/mol. The van der Waals surface area contributed by atoms with Crippen LogP contribution in [0.3, 0.4) is 0 Å². The fraction of sp³-hybridized carbons (Fsp3) is 0.696. The predicted octanol–water partition coefficient (Wildman–Crippen LogP) is 4.80. The Bertz CT molecular complexity index is 539. The Morgan fingerprint density at radius 1 is 1.25 bits per heavy atom.